The van der Waals surface area contributed by atoms with E-state index in [9.17, 15) is 109 Å². The minimum Gasteiger partial charge on any atom is -0.869 e. The fourth-order valence-corrected chi connectivity index (χ4v) is 0.848. The molecule has 25 heteroatoms. The Kier molecular flexibility index (Phi) is 16.5. The number of halogens is 18. The fourth-order valence-electron chi connectivity index (χ4n) is 0.848. The zero-order valence-electron chi connectivity index (χ0n) is 17.4. The van der Waals surface area contributed by atoms with E-state index in [4.69, 9.17) is 0 Å². The molecule has 6 nitrogen and oxygen atoms in total. The van der Waals surface area contributed by atoms with Crippen LogP contribution in [0.3, 0.4) is 0 Å². The second kappa shape index (κ2) is 15.1. The maximum Gasteiger partial charge on any atom is 3.00 e. The number of allylic oxidation sites excluding steroid dienone is 6. The molecule has 0 aliphatic carbocycles. The standard InChI is InChI=1S/3C5H2F6O2.Cr/c3*6-4(7,8)2(12)1-3(13)5(9,10)11;/h3*1,12H;/q;;;+3/p-3/b3*2-1-;. The van der Waals surface area contributed by atoms with Crippen LogP contribution in [-0.4, -0.2) is 54.4 Å². The Morgan fingerprint density at radius 1 is 0.350 bits per heavy atom. The van der Waals surface area contributed by atoms with E-state index < -0.39 is 89.9 Å². The summed E-state index contributed by atoms with van der Waals surface area (Å²) in [6.07, 6.45) is -35.8. The maximum atomic E-state index is 11.3. The first-order chi connectivity index (χ1) is 16.6. The molecule has 0 heterocycles. The quantitative estimate of drug-likeness (QED) is 0.258. The summed E-state index contributed by atoms with van der Waals surface area (Å²) >= 11 is 0. The van der Waals surface area contributed by atoms with Gasteiger partial charge in [0.1, 0.15) is 0 Å². The second-order valence-corrected chi connectivity index (χ2v) is 5.61. The molecule has 0 amide bonds. The number of hydrogen-bond donors (Lipinski definition) is 0. The van der Waals surface area contributed by atoms with Crippen LogP contribution in [0.4, 0.5) is 79.0 Å². The van der Waals surface area contributed by atoms with E-state index in [0.717, 1.165) is 0 Å². The van der Waals surface area contributed by atoms with Crippen LogP contribution in [-0.2, 0) is 31.7 Å². The molecule has 0 saturated carbocycles. The molecule has 40 heavy (non-hydrogen) atoms. The summed E-state index contributed by atoms with van der Waals surface area (Å²) < 4.78 is 203. The number of rotatable bonds is 3. The smallest absolute Gasteiger partial charge is 0.869 e. The van der Waals surface area contributed by atoms with E-state index in [-0.39, 0.29) is 17.4 Å². The first-order valence-electron chi connectivity index (χ1n) is 7.86. The van der Waals surface area contributed by atoms with E-state index in [1.54, 1.807) is 0 Å². The number of ketones is 3. The van der Waals surface area contributed by atoms with Crippen molar-refractivity contribution < 1.29 is 126 Å². The van der Waals surface area contributed by atoms with Crippen LogP contribution in [0, 0.1) is 0 Å². The van der Waals surface area contributed by atoms with Crippen LogP contribution in [0.15, 0.2) is 35.5 Å². The summed E-state index contributed by atoms with van der Waals surface area (Å²) in [6, 6.07) is 0. The zero-order valence-corrected chi connectivity index (χ0v) is 18.7. The molecule has 0 aromatic carbocycles. The fraction of sp³-hybridized carbons (Fsp3) is 0.400. The van der Waals surface area contributed by atoms with Crippen molar-refractivity contribution in [3.05, 3.63) is 35.5 Å². The van der Waals surface area contributed by atoms with Crippen molar-refractivity contribution in [1.82, 2.24) is 0 Å². The number of hydrogen-bond acceptors (Lipinski definition) is 6. The molecule has 0 atom stereocenters. The summed E-state index contributed by atoms with van der Waals surface area (Å²) in [4.78, 5) is 29.5. The van der Waals surface area contributed by atoms with E-state index >= 15 is 0 Å². The summed E-state index contributed by atoms with van der Waals surface area (Å²) in [5, 5.41) is 29.5. The van der Waals surface area contributed by atoms with Crippen molar-refractivity contribution in [2.24, 2.45) is 0 Å². The SMILES string of the molecule is O=C(/C=C(\[O-])C(F)(F)F)C(F)(F)F.O=C(/C=C(\[O-])C(F)(F)F)C(F)(F)F.O=C(/C=C(\[O-])C(F)(F)F)C(F)(F)F.[Cr+3]. The molecule has 1 radical (unpaired) electrons. The molecule has 0 unspecified atom stereocenters. The molecule has 0 aliphatic heterocycles. The summed E-state index contributed by atoms with van der Waals surface area (Å²) in [5.74, 6) is -16.9. The van der Waals surface area contributed by atoms with E-state index in [0.29, 0.717) is 0 Å². The number of carbonyl (C=O) groups is 3. The molecule has 0 spiro atoms. The van der Waals surface area contributed by atoms with Gasteiger partial charge in [0.05, 0.1) is 0 Å². The van der Waals surface area contributed by atoms with Crippen molar-refractivity contribution in [3.8, 4) is 0 Å². The molecule has 0 saturated heterocycles. The topological polar surface area (TPSA) is 120 Å². The van der Waals surface area contributed by atoms with Gasteiger partial charge in [-0.1, -0.05) is 0 Å². The molecule has 0 aliphatic rings. The van der Waals surface area contributed by atoms with Crippen molar-refractivity contribution in [3.63, 3.8) is 0 Å². The Labute approximate surface area is 217 Å². The van der Waals surface area contributed by atoms with Crippen LogP contribution < -0.4 is 15.3 Å². The average Bonchev–Trinajstić information content (AvgIpc) is 2.64. The van der Waals surface area contributed by atoms with Gasteiger partial charge in [0, 0.05) is 0 Å². The predicted octanol–water partition coefficient (Wildman–Crippen LogP) is 2.77. The summed E-state index contributed by atoms with van der Waals surface area (Å²) in [6.45, 7) is 0. The number of carbonyl (C=O) groups excluding carboxylic acids is 3. The molecular weight excluding hydrogens is 670 g/mol. The monoisotopic (exact) mass is 673 g/mol. The Bertz CT molecular complexity index is 834. The second-order valence-electron chi connectivity index (χ2n) is 5.61. The Balaban J connectivity index is -0.000000240. The van der Waals surface area contributed by atoms with E-state index in [2.05, 4.69) is 0 Å². The molecule has 0 rings (SSSR count). The van der Waals surface area contributed by atoms with Crippen molar-refractivity contribution in [2.75, 3.05) is 0 Å². The molecule has 0 bridgehead atoms. The average molecular weight is 673 g/mol. The number of alkyl halides is 18. The van der Waals surface area contributed by atoms with Crippen LogP contribution in [0.1, 0.15) is 0 Å². The Morgan fingerprint density at radius 2 is 0.475 bits per heavy atom. The molecular formula is C15H3CrF18O6. The van der Waals surface area contributed by atoms with Gasteiger partial charge in [0.2, 0.25) is 0 Å². The largest absolute Gasteiger partial charge is 3.00 e. The third kappa shape index (κ3) is 19.9. The maximum absolute atomic E-state index is 11.3. The predicted molar refractivity (Wildman–Crippen MR) is 75.6 cm³/mol. The first-order valence-corrected chi connectivity index (χ1v) is 7.86. The van der Waals surface area contributed by atoms with Gasteiger partial charge in [-0.25, -0.2) is 0 Å². The molecule has 0 N–H and O–H groups in total. The molecule has 0 fully saturated rings. The van der Waals surface area contributed by atoms with Crippen LogP contribution in [0.2, 0.25) is 0 Å². The van der Waals surface area contributed by atoms with Gasteiger partial charge < -0.3 is 15.3 Å². The molecule has 231 valence electrons. The van der Waals surface area contributed by atoms with E-state index in [1.165, 1.54) is 0 Å². The minimum absolute atomic E-state index is 0. The van der Waals surface area contributed by atoms with Gasteiger partial charge in [0.25, 0.3) is 17.3 Å². The van der Waals surface area contributed by atoms with Gasteiger partial charge in [-0.3, -0.25) is 14.4 Å². The Morgan fingerprint density at radius 3 is 0.550 bits per heavy atom. The van der Waals surface area contributed by atoms with E-state index in [1.807, 2.05) is 0 Å². The zero-order chi connectivity index (χ0) is 32.6. The van der Waals surface area contributed by atoms with Crippen molar-refractivity contribution in [1.29, 1.82) is 0 Å². The minimum atomic E-state index is -5.46. The van der Waals surface area contributed by atoms with Crippen LogP contribution >= 0.6 is 0 Å². The Hall–Kier alpha value is -3.10. The first kappa shape index (κ1) is 43.9. The third-order valence-corrected chi connectivity index (χ3v) is 2.46. The van der Waals surface area contributed by atoms with Crippen molar-refractivity contribution in [2.45, 2.75) is 37.1 Å². The van der Waals surface area contributed by atoms with Gasteiger partial charge in [-0.2, -0.15) is 79.0 Å². The van der Waals surface area contributed by atoms with Gasteiger partial charge >= 0.3 is 54.4 Å². The van der Waals surface area contributed by atoms with Crippen LogP contribution in [0.5, 0.6) is 0 Å². The van der Waals surface area contributed by atoms with Crippen molar-refractivity contribution >= 4 is 17.3 Å². The van der Waals surface area contributed by atoms with Gasteiger partial charge in [0.15, 0.2) is 0 Å². The molecule has 0 aromatic rings. The summed E-state index contributed by atoms with van der Waals surface area (Å²) in [7, 11) is 0. The summed E-state index contributed by atoms with van der Waals surface area (Å²) in [5.41, 5.74) is 0. The van der Waals surface area contributed by atoms with Gasteiger partial charge in [-0.05, 0) is 35.5 Å². The normalized spacial score (nSPS) is 14.1. The van der Waals surface area contributed by atoms with Crippen LogP contribution in [0.25, 0.3) is 0 Å². The molecule has 0 aromatic heterocycles. The third-order valence-electron chi connectivity index (χ3n) is 2.46. The van der Waals surface area contributed by atoms with Gasteiger partial charge in [-0.15, -0.1) is 0 Å².